The maximum Gasteiger partial charge on any atom is 0.252 e. The molecule has 0 aromatic heterocycles. The Labute approximate surface area is 117 Å². The number of hydrazine groups is 1. The number of piperidine rings is 1. The Hall–Kier alpha value is -2.55. The molecule has 0 aliphatic carbocycles. The highest BCUT2D eigenvalue weighted by Crippen LogP contribution is 2.20. The molecule has 5 N–H and O–H groups in total. The number of hydrogen-bond acceptors (Lipinski definition) is 5. The molecule has 0 radical (unpaired) electrons. The van der Waals surface area contributed by atoms with Crippen LogP contribution in [0.15, 0.2) is 12.1 Å². The van der Waals surface area contributed by atoms with Crippen molar-refractivity contribution in [3.05, 3.63) is 29.3 Å². The maximum absolute atomic E-state index is 13.5. The lowest BCUT2D eigenvalue weighted by atomic mass is 10.1. The molecule has 7 nitrogen and oxygen atoms in total. The van der Waals surface area contributed by atoms with Gasteiger partial charge in [0, 0.05) is 12.0 Å². The molecule has 3 amide bonds. The summed E-state index contributed by atoms with van der Waals surface area (Å²) in [6.45, 7) is 0. The van der Waals surface area contributed by atoms with E-state index in [-0.39, 0.29) is 18.4 Å². The van der Waals surface area contributed by atoms with E-state index in [4.69, 9.17) is 5.84 Å². The summed E-state index contributed by atoms with van der Waals surface area (Å²) < 4.78 is 27.0. The molecule has 112 valence electrons. The lowest BCUT2D eigenvalue weighted by molar-refractivity contribution is -0.134. The SMILES string of the molecule is NNc1c(F)cc(C(=O)NC2CCC(=O)NC2=O)cc1F. The van der Waals surface area contributed by atoms with Gasteiger partial charge in [0.2, 0.25) is 11.8 Å². The maximum atomic E-state index is 13.5. The minimum absolute atomic E-state index is 0.0788. The Bertz CT molecular complexity index is 598. The van der Waals surface area contributed by atoms with Crippen molar-refractivity contribution in [1.29, 1.82) is 0 Å². The molecule has 0 spiro atoms. The second kappa shape index (κ2) is 5.83. The number of carbonyl (C=O) groups is 3. The summed E-state index contributed by atoms with van der Waals surface area (Å²) >= 11 is 0. The Kier molecular flexibility index (Phi) is 4.13. The van der Waals surface area contributed by atoms with Crippen LogP contribution in [-0.2, 0) is 9.59 Å². The number of imide groups is 1. The highest BCUT2D eigenvalue weighted by molar-refractivity contribution is 6.03. The number of halogens is 2. The van der Waals surface area contributed by atoms with E-state index in [1.807, 2.05) is 5.43 Å². The van der Waals surface area contributed by atoms with Gasteiger partial charge in [-0.25, -0.2) is 8.78 Å². The highest BCUT2D eigenvalue weighted by atomic mass is 19.1. The first kappa shape index (κ1) is 14.9. The quantitative estimate of drug-likeness (QED) is 0.350. The van der Waals surface area contributed by atoms with Gasteiger partial charge in [-0.1, -0.05) is 0 Å². The monoisotopic (exact) mass is 298 g/mol. The van der Waals surface area contributed by atoms with Gasteiger partial charge >= 0.3 is 0 Å². The summed E-state index contributed by atoms with van der Waals surface area (Å²) in [5, 5.41) is 4.37. The number of nitrogen functional groups attached to an aromatic ring is 1. The Morgan fingerprint density at radius 2 is 1.90 bits per heavy atom. The second-order valence-electron chi connectivity index (χ2n) is 4.44. The fraction of sp³-hybridized carbons (Fsp3) is 0.250. The van der Waals surface area contributed by atoms with Crippen molar-refractivity contribution in [1.82, 2.24) is 10.6 Å². The third-order valence-electron chi connectivity index (χ3n) is 2.99. The molecule has 0 saturated carbocycles. The second-order valence-corrected chi connectivity index (χ2v) is 4.44. The number of anilines is 1. The van der Waals surface area contributed by atoms with Crippen molar-refractivity contribution in [2.45, 2.75) is 18.9 Å². The van der Waals surface area contributed by atoms with Crippen LogP contribution in [0.1, 0.15) is 23.2 Å². The molecule has 1 aliphatic rings. The summed E-state index contributed by atoms with van der Waals surface area (Å²) in [6, 6.07) is 0.660. The molecule has 1 aromatic rings. The fourth-order valence-electron chi connectivity index (χ4n) is 1.91. The van der Waals surface area contributed by atoms with Gasteiger partial charge < -0.3 is 10.7 Å². The molecule has 21 heavy (non-hydrogen) atoms. The van der Waals surface area contributed by atoms with Gasteiger partial charge in [0.05, 0.1) is 0 Å². The van der Waals surface area contributed by atoms with E-state index >= 15 is 0 Å². The predicted molar refractivity (Wildman–Crippen MR) is 67.8 cm³/mol. The molecular weight excluding hydrogens is 286 g/mol. The van der Waals surface area contributed by atoms with E-state index in [0.717, 1.165) is 12.1 Å². The molecule has 1 saturated heterocycles. The van der Waals surface area contributed by atoms with Crippen LogP contribution in [0.5, 0.6) is 0 Å². The van der Waals surface area contributed by atoms with Crippen LogP contribution in [-0.4, -0.2) is 23.8 Å². The van der Waals surface area contributed by atoms with Gasteiger partial charge in [0.25, 0.3) is 5.91 Å². The van der Waals surface area contributed by atoms with Crippen LogP contribution >= 0.6 is 0 Å². The van der Waals surface area contributed by atoms with Gasteiger partial charge in [0.15, 0.2) is 11.6 Å². The van der Waals surface area contributed by atoms with Crippen LogP contribution in [0.4, 0.5) is 14.5 Å². The van der Waals surface area contributed by atoms with Gasteiger partial charge in [-0.3, -0.25) is 25.5 Å². The van der Waals surface area contributed by atoms with E-state index < -0.39 is 41.1 Å². The Balaban J connectivity index is 2.14. The molecule has 9 heteroatoms. The average Bonchev–Trinajstić information content (AvgIpc) is 2.41. The standard InChI is InChI=1S/C12H12F2N4O3/c13-6-3-5(4-7(14)10(6)18-15)11(20)16-8-1-2-9(19)17-12(8)21/h3-4,8,18H,1-2,15H2,(H,16,20)(H,17,19,21). The third-order valence-corrected chi connectivity index (χ3v) is 2.99. The van der Waals surface area contributed by atoms with Gasteiger partial charge in [-0.15, -0.1) is 0 Å². The topological polar surface area (TPSA) is 113 Å². The van der Waals surface area contributed by atoms with Gasteiger partial charge in [-0.05, 0) is 18.6 Å². The van der Waals surface area contributed by atoms with Crippen molar-refractivity contribution in [2.75, 3.05) is 5.43 Å². The van der Waals surface area contributed by atoms with E-state index in [0.29, 0.717) is 0 Å². The zero-order valence-corrected chi connectivity index (χ0v) is 10.7. The summed E-state index contributed by atoms with van der Waals surface area (Å²) in [5.74, 6) is 0.961. The molecule has 1 aliphatic heterocycles. The zero-order chi connectivity index (χ0) is 15.6. The lowest BCUT2D eigenvalue weighted by Crippen LogP contribution is -2.52. The number of rotatable bonds is 3. The van der Waals surface area contributed by atoms with Crippen molar-refractivity contribution in [3.8, 4) is 0 Å². The van der Waals surface area contributed by atoms with Crippen molar-refractivity contribution in [3.63, 3.8) is 0 Å². The number of amides is 3. The highest BCUT2D eigenvalue weighted by Gasteiger charge is 2.28. The molecule has 1 heterocycles. The fourth-order valence-corrected chi connectivity index (χ4v) is 1.91. The van der Waals surface area contributed by atoms with E-state index in [1.54, 1.807) is 0 Å². The molecule has 2 rings (SSSR count). The zero-order valence-electron chi connectivity index (χ0n) is 10.7. The third kappa shape index (κ3) is 3.14. The number of hydrogen-bond donors (Lipinski definition) is 4. The van der Waals surface area contributed by atoms with E-state index in [1.165, 1.54) is 0 Å². The first-order chi connectivity index (χ1) is 9.92. The minimum atomic E-state index is -1.04. The Morgan fingerprint density at radius 3 is 2.43 bits per heavy atom. The van der Waals surface area contributed by atoms with Crippen molar-refractivity contribution >= 4 is 23.4 Å². The molecule has 0 bridgehead atoms. The van der Waals surface area contributed by atoms with Gasteiger partial charge in [0.1, 0.15) is 11.7 Å². The summed E-state index contributed by atoms with van der Waals surface area (Å²) in [7, 11) is 0. The minimum Gasteiger partial charge on any atom is -0.340 e. The summed E-state index contributed by atoms with van der Waals surface area (Å²) in [6.07, 6.45) is 0.208. The lowest BCUT2D eigenvalue weighted by Gasteiger charge is -2.21. The first-order valence-electron chi connectivity index (χ1n) is 6.02. The molecular formula is C12H12F2N4O3. The largest absolute Gasteiger partial charge is 0.340 e. The molecule has 1 aromatic carbocycles. The number of nitrogens with one attached hydrogen (secondary N) is 3. The van der Waals surface area contributed by atoms with Crippen molar-refractivity contribution < 1.29 is 23.2 Å². The van der Waals surface area contributed by atoms with Gasteiger partial charge in [-0.2, -0.15) is 0 Å². The Morgan fingerprint density at radius 1 is 1.29 bits per heavy atom. The number of benzene rings is 1. The summed E-state index contributed by atoms with van der Waals surface area (Å²) in [4.78, 5) is 34.3. The predicted octanol–water partition coefficient (Wildman–Crippen LogP) is -0.215. The smallest absolute Gasteiger partial charge is 0.252 e. The summed E-state index contributed by atoms with van der Waals surface area (Å²) in [5.41, 5.74) is 0.980. The molecule has 1 fully saturated rings. The van der Waals surface area contributed by atoms with Crippen molar-refractivity contribution in [2.24, 2.45) is 5.84 Å². The number of carbonyl (C=O) groups excluding carboxylic acids is 3. The van der Waals surface area contributed by atoms with E-state index in [9.17, 15) is 23.2 Å². The normalized spacial score (nSPS) is 18.1. The van der Waals surface area contributed by atoms with Crippen LogP contribution in [0, 0.1) is 11.6 Å². The van der Waals surface area contributed by atoms with Crippen LogP contribution < -0.4 is 21.9 Å². The van der Waals surface area contributed by atoms with E-state index in [2.05, 4.69) is 10.6 Å². The van der Waals surface area contributed by atoms with Crippen LogP contribution in [0.3, 0.4) is 0 Å². The first-order valence-corrected chi connectivity index (χ1v) is 6.02. The van der Waals surface area contributed by atoms with Crippen LogP contribution in [0.25, 0.3) is 0 Å². The average molecular weight is 298 g/mol. The molecule has 1 unspecified atom stereocenters. The molecule has 1 atom stereocenters. The van der Waals surface area contributed by atoms with Crippen LogP contribution in [0.2, 0.25) is 0 Å². The number of nitrogens with two attached hydrogens (primary N) is 1.